The van der Waals surface area contributed by atoms with E-state index in [0.29, 0.717) is 6.04 Å². The van der Waals surface area contributed by atoms with Gasteiger partial charge in [0.2, 0.25) is 0 Å². The van der Waals surface area contributed by atoms with E-state index in [9.17, 15) is 0 Å². The van der Waals surface area contributed by atoms with Crippen molar-refractivity contribution in [3.8, 4) is 0 Å². The molecule has 0 bridgehead atoms. The van der Waals surface area contributed by atoms with Crippen molar-refractivity contribution in [1.29, 1.82) is 0 Å². The first-order chi connectivity index (χ1) is 6.81. The third-order valence-electron chi connectivity index (χ3n) is 3.55. The summed E-state index contributed by atoms with van der Waals surface area (Å²) >= 11 is 0. The molecule has 0 spiro atoms. The van der Waals surface area contributed by atoms with Gasteiger partial charge < -0.3 is 9.64 Å². The van der Waals surface area contributed by atoms with Crippen LogP contribution >= 0.6 is 0 Å². The van der Waals surface area contributed by atoms with Crippen molar-refractivity contribution in [2.45, 2.75) is 31.8 Å². The number of likely N-dealkylation sites (N-methyl/N-ethyl adjacent to an activating group) is 1. The number of hydrogen-bond acceptors (Lipinski definition) is 3. The fourth-order valence-electron chi connectivity index (χ4n) is 2.75. The molecule has 2 aliphatic heterocycles. The van der Waals surface area contributed by atoms with E-state index in [1.54, 1.807) is 0 Å². The average molecular weight is 198 g/mol. The zero-order valence-corrected chi connectivity index (χ0v) is 9.41. The van der Waals surface area contributed by atoms with E-state index in [1.807, 2.05) is 0 Å². The normalized spacial score (nSPS) is 34.7. The van der Waals surface area contributed by atoms with Crippen LogP contribution in [0.1, 0.15) is 19.8 Å². The maximum Gasteiger partial charge on any atom is 0.0621 e. The van der Waals surface area contributed by atoms with Crippen molar-refractivity contribution >= 4 is 0 Å². The summed E-state index contributed by atoms with van der Waals surface area (Å²) in [4.78, 5) is 5.11. The van der Waals surface area contributed by atoms with Crippen LogP contribution in [0.3, 0.4) is 0 Å². The summed E-state index contributed by atoms with van der Waals surface area (Å²) in [6, 6.07) is 1.51. The third kappa shape index (κ3) is 2.10. The van der Waals surface area contributed by atoms with E-state index in [-0.39, 0.29) is 0 Å². The monoisotopic (exact) mass is 198 g/mol. The molecule has 2 heterocycles. The molecule has 0 aromatic rings. The number of hydrogen-bond donors (Lipinski definition) is 0. The number of fused-ring (bicyclic) bond motifs is 1. The Kier molecular flexibility index (Phi) is 3.42. The molecule has 0 radical (unpaired) electrons. The molecule has 2 rings (SSSR count). The van der Waals surface area contributed by atoms with Crippen LogP contribution in [-0.4, -0.2) is 61.8 Å². The first kappa shape index (κ1) is 10.4. The maximum absolute atomic E-state index is 5.54. The van der Waals surface area contributed by atoms with Crippen molar-refractivity contribution in [2.24, 2.45) is 0 Å². The summed E-state index contributed by atoms with van der Waals surface area (Å²) in [5.41, 5.74) is 0. The molecule has 2 aliphatic rings. The average Bonchev–Trinajstić information content (AvgIpc) is 2.57. The van der Waals surface area contributed by atoms with Crippen molar-refractivity contribution in [2.75, 3.05) is 39.9 Å². The van der Waals surface area contributed by atoms with Gasteiger partial charge in [0.25, 0.3) is 0 Å². The molecular weight excluding hydrogens is 176 g/mol. The van der Waals surface area contributed by atoms with Crippen molar-refractivity contribution in [1.82, 2.24) is 9.80 Å². The molecule has 3 nitrogen and oxygen atoms in total. The smallest absolute Gasteiger partial charge is 0.0621 e. The maximum atomic E-state index is 5.54. The molecule has 3 heteroatoms. The van der Waals surface area contributed by atoms with Gasteiger partial charge in [-0.1, -0.05) is 0 Å². The SMILES string of the molecule is CCOCC1CCC2CN(C)CCN12. The fourth-order valence-corrected chi connectivity index (χ4v) is 2.75. The Hall–Kier alpha value is -0.120. The molecule has 2 atom stereocenters. The van der Waals surface area contributed by atoms with Crippen LogP contribution < -0.4 is 0 Å². The summed E-state index contributed by atoms with van der Waals surface area (Å²) < 4.78 is 5.54. The lowest BCUT2D eigenvalue weighted by Gasteiger charge is -2.38. The number of piperazine rings is 1. The van der Waals surface area contributed by atoms with Gasteiger partial charge in [-0.3, -0.25) is 4.90 Å². The molecule has 2 saturated heterocycles. The molecule has 82 valence electrons. The van der Waals surface area contributed by atoms with Gasteiger partial charge >= 0.3 is 0 Å². The number of ether oxygens (including phenoxy) is 1. The molecule has 0 aromatic carbocycles. The molecular formula is C11H22N2O. The minimum atomic E-state index is 0.702. The summed E-state index contributed by atoms with van der Waals surface area (Å²) in [6.07, 6.45) is 2.70. The Labute approximate surface area is 87.0 Å². The van der Waals surface area contributed by atoms with Crippen LogP contribution in [0.15, 0.2) is 0 Å². The molecule has 0 aromatic heterocycles. The van der Waals surface area contributed by atoms with Gasteiger partial charge in [-0.05, 0) is 26.8 Å². The highest BCUT2D eigenvalue weighted by Crippen LogP contribution is 2.26. The van der Waals surface area contributed by atoms with Crippen LogP contribution in [0.4, 0.5) is 0 Å². The molecule has 2 fully saturated rings. The largest absolute Gasteiger partial charge is 0.380 e. The van der Waals surface area contributed by atoms with Crippen LogP contribution in [0.25, 0.3) is 0 Å². The molecule has 14 heavy (non-hydrogen) atoms. The minimum Gasteiger partial charge on any atom is -0.380 e. The highest BCUT2D eigenvalue weighted by Gasteiger charge is 2.36. The Balaban J connectivity index is 1.85. The Morgan fingerprint density at radius 2 is 2.14 bits per heavy atom. The highest BCUT2D eigenvalue weighted by atomic mass is 16.5. The molecule has 2 unspecified atom stereocenters. The quantitative estimate of drug-likeness (QED) is 0.667. The second kappa shape index (κ2) is 4.60. The van der Waals surface area contributed by atoms with Gasteiger partial charge in [-0.2, -0.15) is 0 Å². The molecule has 0 aliphatic carbocycles. The molecule has 0 amide bonds. The number of rotatable bonds is 3. The van der Waals surface area contributed by atoms with Crippen LogP contribution in [0.5, 0.6) is 0 Å². The Morgan fingerprint density at radius 1 is 1.29 bits per heavy atom. The first-order valence-electron chi connectivity index (χ1n) is 5.83. The van der Waals surface area contributed by atoms with Gasteiger partial charge in [0.05, 0.1) is 6.61 Å². The zero-order valence-electron chi connectivity index (χ0n) is 9.41. The third-order valence-corrected chi connectivity index (χ3v) is 3.55. The number of nitrogens with zero attached hydrogens (tertiary/aromatic N) is 2. The molecule has 0 N–H and O–H groups in total. The lowest BCUT2D eigenvalue weighted by molar-refractivity contribution is 0.0409. The predicted molar refractivity (Wildman–Crippen MR) is 57.5 cm³/mol. The van der Waals surface area contributed by atoms with Gasteiger partial charge in [0.15, 0.2) is 0 Å². The van der Waals surface area contributed by atoms with E-state index < -0.39 is 0 Å². The van der Waals surface area contributed by atoms with E-state index in [2.05, 4.69) is 23.8 Å². The van der Waals surface area contributed by atoms with E-state index in [0.717, 1.165) is 19.3 Å². The van der Waals surface area contributed by atoms with E-state index >= 15 is 0 Å². The predicted octanol–water partition coefficient (Wildman–Crippen LogP) is 0.801. The minimum absolute atomic E-state index is 0.702. The van der Waals surface area contributed by atoms with Gasteiger partial charge in [-0.15, -0.1) is 0 Å². The van der Waals surface area contributed by atoms with Crippen molar-refractivity contribution in [3.05, 3.63) is 0 Å². The van der Waals surface area contributed by atoms with Crippen LogP contribution in [0.2, 0.25) is 0 Å². The fraction of sp³-hybridized carbons (Fsp3) is 1.00. The Morgan fingerprint density at radius 3 is 2.93 bits per heavy atom. The lowest BCUT2D eigenvalue weighted by Crippen LogP contribution is -2.52. The van der Waals surface area contributed by atoms with Gasteiger partial charge in [0.1, 0.15) is 0 Å². The topological polar surface area (TPSA) is 15.7 Å². The molecule has 0 saturated carbocycles. The van der Waals surface area contributed by atoms with E-state index in [4.69, 9.17) is 4.74 Å². The second-order valence-corrected chi connectivity index (χ2v) is 4.54. The second-order valence-electron chi connectivity index (χ2n) is 4.54. The van der Waals surface area contributed by atoms with Crippen LogP contribution in [0, 0.1) is 0 Å². The summed E-state index contributed by atoms with van der Waals surface area (Å²) in [6.45, 7) is 7.59. The highest BCUT2D eigenvalue weighted by molar-refractivity contribution is 4.92. The van der Waals surface area contributed by atoms with Gasteiger partial charge in [-0.25, -0.2) is 0 Å². The van der Waals surface area contributed by atoms with Crippen LogP contribution in [-0.2, 0) is 4.74 Å². The summed E-state index contributed by atoms with van der Waals surface area (Å²) in [5.74, 6) is 0. The summed E-state index contributed by atoms with van der Waals surface area (Å²) in [7, 11) is 2.23. The van der Waals surface area contributed by atoms with Crippen molar-refractivity contribution < 1.29 is 4.74 Å². The van der Waals surface area contributed by atoms with E-state index in [1.165, 1.54) is 32.5 Å². The standard InChI is InChI=1S/C11H22N2O/c1-3-14-9-11-5-4-10-8-12(2)6-7-13(10)11/h10-11H,3-9H2,1-2H3. The van der Waals surface area contributed by atoms with Gasteiger partial charge in [0, 0.05) is 38.3 Å². The lowest BCUT2D eigenvalue weighted by atomic mass is 10.2. The van der Waals surface area contributed by atoms with Crippen molar-refractivity contribution in [3.63, 3.8) is 0 Å². The summed E-state index contributed by atoms with van der Waals surface area (Å²) in [5, 5.41) is 0. The Bertz CT molecular complexity index is 186. The first-order valence-corrected chi connectivity index (χ1v) is 5.83. The zero-order chi connectivity index (χ0) is 9.97.